The van der Waals surface area contributed by atoms with Crippen molar-refractivity contribution in [2.45, 2.75) is 13.0 Å². The normalized spacial score (nSPS) is 10.3. The van der Waals surface area contributed by atoms with Crippen LogP contribution in [0.25, 0.3) is 0 Å². The molecule has 74 valence electrons. The summed E-state index contributed by atoms with van der Waals surface area (Å²) in [4.78, 5) is 3.45. The molecular formula is C8H5F2IN2O. The van der Waals surface area contributed by atoms with Crippen LogP contribution in [-0.4, -0.2) is 10.1 Å². The van der Waals surface area contributed by atoms with Gasteiger partial charge >= 0.3 is 0 Å². The van der Waals surface area contributed by atoms with Crippen LogP contribution in [0.3, 0.4) is 0 Å². The predicted molar refractivity (Wildman–Crippen MR) is 52.5 cm³/mol. The van der Waals surface area contributed by atoms with Crippen LogP contribution < -0.4 is 0 Å². The summed E-state index contributed by atoms with van der Waals surface area (Å²) in [6.45, 7) is -0.503. The number of pyridine rings is 1. The molecule has 0 bridgehead atoms. The first-order chi connectivity index (χ1) is 6.60. The second-order valence-electron chi connectivity index (χ2n) is 2.42. The van der Waals surface area contributed by atoms with Crippen molar-refractivity contribution < 1.29 is 13.9 Å². The number of aliphatic hydroxyl groups is 1. The quantitative estimate of drug-likeness (QED) is 0.850. The minimum Gasteiger partial charge on any atom is -0.392 e. The second kappa shape index (κ2) is 4.61. The highest BCUT2D eigenvalue weighted by Gasteiger charge is 2.18. The van der Waals surface area contributed by atoms with Crippen LogP contribution in [0.4, 0.5) is 8.78 Å². The molecule has 1 aromatic heterocycles. The second-order valence-corrected chi connectivity index (χ2v) is 3.59. The SMILES string of the molecule is N#Cc1cc(I)c(CO)c(C(F)F)n1. The van der Waals surface area contributed by atoms with Gasteiger partial charge in [0.2, 0.25) is 0 Å². The van der Waals surface area contributed by atoms with Crippen molar-refractivity contribution in [3.05, 3.63) is 26.6 Å². The van der Waals surface area contributed by atoms with E-state index in [9.17, 15) is 8.78 Å². The highest BCUT2D eigenvalue weighted by molar-refractivity contribution is 14.1. The van der Waals surface area contributed by atoms with Crippen LogP contribution in [0, 0.1) is 14.9 Å². The van der Waals surface area contributed by atoms with E-state index in [2.05, 4.69) is 4.98 Å². The third kappa shape index (κ3) is 2.16. The van der Waals surface area contributed by atoms with Gasteiger partial charge in [-0.05, 0) is 28.7 Å². The van der Waals surface area contributed by atoms with Gasteiger partial charge in [0.05, 0.1) is 6.61 Å². The van der Waals surface area contributed by atoms with Crippen molar-refractivity contribution in [1.29, 1.82) is 5.26 Å². The van der Waals surface area contributed by atoms with Crippen molar-refractivity contribution >= 4 is 22.6 Å². The molecule has 6 heteroatoms. The fraction of sp³-hybridized carbons (Fsp3) is 0.250. The van der Waals surface area contributed by atoms with E-state index in [1.165, 1.54) is 6.07 Å². The first-order valence-corrected chi connectivity index (χ1v) is 4.66. The molecule has 0 fully saturated rings. The Morgan fingerprint density at radius 3 is 2.71 bits per heavy atom. The third-order valence-electron chi connectivity index (χ3n) is 1.58. The summed E-state index contributed by atoms with van der Waals surface area (Å²) >= 11 is 1.78. The molecule has 0 saturated carbocycles. The Hall–Kier alpha value is -0.810. The van der Waals surface area contributed by atoms with Gasteiger partial charge in [0.15, 0.2) is 0 Å². The topological polar surface area (TPSA) is 56.9 Å². The highest BCUT2D eigenvalue weighted by atomic mass is 127. The minimum atomic E-state index is -2.78. The van der Waals surface area contributed by atoms with E-state index in [1.807, 2.05) is 0 Å². The van der Waals surface area contributed by atoms with Crippen molar-refractivity contribution in [3.8, 4) is 6.07 Å². The van der Waals surface area contributed by atoms with E-state index < -0.39 is 18.7 Å². The lowest BCUT2D eigenvalue weighted by Crippen LogP contribution is -2.03. The molecular weight excluding hydrogens is 305 g/mol. The van der Waals surface area contributed by atoms with Gasteiger partial charge in [-0.1, -0.05) is 0 Å². The summed E-state index contributed by atoms with van der Waals surface area (Å²) in [6, 6.07) is 3.04. The van der Waals surface area contributed by atoms with E-state index in [1.54, 1.807) is 28.7 Å². The maximum atomic E-state index is 12.4. The molecule has 0 saturated heterocycles. The molecule has 0 spiro atoms. The number of nitrogens with zero attached hydrogens (tertiary/aromatic N) is 2. The molecule has 0 unspecified atom stereocenters. The molecule has 1 rings (SSSR count). The predicted octanol–water partition coefficient (Wildman–Crippen LogP) is 1.99. The van der Waals surface area contributed by atoms with Crippen molar-refractivity contribution in [2.24, 2.45) is 0 Å². The van der Waals surface area contributed by atoms with Crippen LogP contribution in [-0.2, 0) is 6.61 Å². The number of aromatic nitrogens is 1. The molecule has 0 aliphatic heterocycles. The summed E-state index contributed by atoms with van der Waals surface area (Å²) in [6.07, 6.45) is -2.78. The molecule has 0 aromatic carbocycles. The summed E-state index contributed by atoms with van der Waals surface area (Å²) in [5.41, 5.74) is -0.502. The van der Waals surface area contributed by atoms with Gasteiger partial charge in [-0.25, -0.2) is 13.8 Å². The van der Waals surface area contributed by atoms with Crippen molar-refractivity contribution in [1.82, 2.24) is 4.98 Å². The van der Waals surface area contributed by atoms with Gasteiger partial charge in [0.25, 0.3) is 6.43 Å². The largest absolute Gasteiger partial charge is 0.392 e. The van der Waals surface area contributed by atoms with E-state index in [4.69, 9.17) is 10.4 Å². The molecule has 0 atom stereocenters. The van der Waals surface area contributed by atoms with Crippen LogP contribution in [0.15, 0.2) is 6.07 Å². The highest BCUT2D eigenvalue weighted by Crippen LogP contribution is 2.25. The maximum absolute atomic E-state index is 12.4. The Morgan fingerprint density at radius 2 is 2.29 bits per heavy atom. The zero-order chi connectivity index (χ0) is 10.7. The zero-order valence-corrected chi connectivity index (χ0v) is 8.99. The van der Waals surface area contributed by atoms with Gasteiger partial charge in [0, 0.05) is 9.13 Å². The maximum Gasteiger partial charge on any atom is 0.280 e. The Balaban J connectivity index is 3.37. The fourth-order valence-electron chi connectivity index (χ4n) is 0.953. The van der Waals surface area contributed by atoms with Crippen molar-refractivity contribution in [2.75, 3.05) is 0 Å². The molecule has 0 radical (unpaired) electrons. The molecule has 0 aliphatic rings. The van der Waals surface area contributed by atoms with E-state index >= 15 is 0 Å². The number of hydrogen-bond acceptors (Lipinski definition) is 3. The monoisotopic (exact) mass is 310 g/mol. The standard InChI is InChI=1S/C8H5F2IN2O/c9-8(10)7-5(3-14)6(11)1-4(2-12)13-7/h1,8,14H,3H2. The number of hydrogen-bond donors (Lipinski definition) is 1. The lowest BCUT2D eigenvalue weighted by molar-refractivity contribution is 0.141. The Morgan fingerprint density at radius 1 is 1.64 bits per heavy atom. The average Bonchev–Trinajstić information content (AvgIpc) is 2.16. The first-order valence-electron chi connectivity index (χ1n) is 3.58. The fourth-order valence-corrected chi connectivity index (χ4v) is 1.70. The Kier molecular flexibility index (Phi) is 3.71. The van der Waals surface area contributed by atoms with Gasteiger partial charge in [-0.15, -0.1) is 0 Å². The lowest BCUT2D eigenvalue weighted by Gasteiger charge is -2.07. The number of aliphatic hydroxyl groups excluding tert-OH is 1. The molecule has 1 heterocycles. The van der Waals surface area contributed by atoms with E-state index in [0.29, 0.717) is 3.57 Å². The van der Waals surface area contributed by atoms with Gasteiger partial charge in [-0.3, -0.25) is 0 Å². The molecule has 3 nitrogen and oxygen atoms in total. The summed E-state index contributed by atoms with van der Waals surface area (Å²) in [5.74, 6) is 0. The van der Waals surface area contributed by atoms with Crippen LogP contribution in [0.2, 0.25) is 0 Å². The van der Waals surface area contributed by atoms with Gasteiger partial charge in [-0.2, -0.15) is 5.26 Å². The summed E-state index contributed by atoms with van der Waals surface area (Å²) < 4.78 is 25.3. The molecule has 0 amide bonds. The summed E-state index contributed by atoms with van der Waals surface area (Å²) in [5, 5.41) is 17.4. The first kappa shape index (κ1) is 11.3. The third-order valence-corrected chi connectivity index (χ3v) is 2.54. The Bertz CT molecular complexity index is 390. The number of rotatable bonds is 2. The van der Waals surface area contributed by atoms with Crippen LogP contribution >= 0.6 is 22.6 Å². The van der Waals surface area contributed by atoms with Crippen molar-refractivity contribution in [3.63, 3.8) is 0 Å². The lowest BCUT2D eigenvalue weighted by atomic mass is 10.2. The van der Waals surface area contributed by atoms with Crippen LogP contribution in [0.5, 0.6) is 0 Å². The summed E-state index contributed by atoms with van der Waals surface area (Å²) in [7, 11) is 0. The molecule has 14 heavy (non-hydrogen) atoms. The number of alkyl halides is 2. The van der Waals surface area contributed by atoms with Gasteiger partial charge < -0.3 is 5.11 Å². The number of nitriles is 1. The molecule has 1 aromatic rings. The Labute approximate surface area is 92.5 Å². The molecule has 0 aliphatic carbocycles. The molecule has 1 N–H and O–H groups in total. The number of halogens is 3. The average molecular weight is 310 g/mol. The van der Waals surface area contributed by atoms with Gasteiger partial charge in [0.1, 0.15) is 17.5 Å². The zero-order valence-electron chi connectivity index (χ0n) is 6.84. The van der Waals surface area contributed by atoms with Crippen LogP contribution in [0.1, 0.15) is 23.4 Å². The minimum absolute atomic E-state index is 0.0677. The van der Waals surface area contributed by atoms with E-state index in [0.717, 1.165) is 0 Å². The van der Waals surface area contributed by atoms with E-state index in [-0.39, 0.29) is 11.3 Å². The smallest absolute Gasteiger partial charge is 0.280 e.